The first-order valence-corrected chi connectivity index (χ1v) is 12.4. The van der Waals surface area contributed by atoms with Gasteiger partial charge in [0.15, 0.2) is 6.61 Å². The highest BCUT2D eigenvalue weighted by Gasteiger charge is 2.30. The number of benzene rings is 3. The summed E-state index contributed by atoms with van der Waals surface area (Å²) in [5.74, 6) is -1.40. The molecule has 0 bridgehead atoms. The van der Waals surface area contributed by atoms with Crippen LogP contribution in [0.3, 0.4) is 0 Å². The third kappa shape index (κ3) is 8.28. The van der Waals surface area contributed by atoms with Gasteiger partial charge in [0.1, 0.15) is 23.0 Å². The molecule has 0 radical (unpaired) electrons. The number of nitrogens with one attached hydrogen (secondary N) is 1. The van der Waals surface area contributed by atoms with E-state index in [4.69, 9.17) is 29.4 Å². The van der Waals surface area contributed by atoms with Crippen LogP contribution in [0.2, 0.25) is 0 Å². The summed E-state index contributed by atoms with van der Waals surface area (Å²) in [5, 5.41) is 24.1. The van der Waals surface area contributed by atoms with Crippen LogP contribution in [0.25, 0.3) is 0 Å². The molecule has 218 valence electrons. The number of nitrogens with two attached hydrogens (primary N) is 1. The lowest BCUT2D eigenvalue weighted by Gasteiger charge is -2.13. The van der Waals surface area contributed by atoms with Gasteiger partial charge in [0.25, 0.3) is 0 Å². The number of hydrogen-bond donors (Lipinski definition) is 2. The molecule has 0 aliphatic heterocycles. The molecule has 0 spiro atoms. The van der Waals surface area contributed by atoms with Gasteiger partial charge in [-0.25, -0.2) is 9.59 Å². The summed E-state index contributed by atoms with van der Waals surface area (Å²) >= 11 is 0. The van der Waals surface area contributed by atoms with Crippen molar-refractivity contribution in [1.82, 2.24) is 9.97 Å². The Morgan fingerprint density at radius 2 is 1.63 bits per heavy atom. The van der Waals surface area contributed by atoms with Crippen LogP contribution in [0, 0.1) is 21.4 Å². The van der Waals surface area contributed by atoms with Gasteiger partial charge in [-0.3, -0.25) is 10.1 Å². The van der Waals surface area contributed by atoms with Crippen molar-refractivity contribution in [3.05, 3.63) is 88.5 Å². The molecule has 1 heterocycles. The van der Waals surface area contributed by atoms with Gasteiger partial charge in [-0.15, -0.1) is 0 Å². The van der Waals surface area contributed by atoms with Gasteiger partial charge in [-0.05, 0) is 43.3 Å². The summed E-state index contributed by atoms with van der Waals surface area (Å²) in [5.41, 5.74) is 4.72. The predicted octanol–water partition coefficient (Wildman–Crippen LogP) is 5.07. The minimum Gasteiger partial charge on any atom is -0.463 e. The number of rotatable bonds is 12. The van der Waals surface area contributed by atoms with Crippen LogP contribution in [-0.4, -0.2) is 40.1 Å². The number of primary amides is 1. The number of hydrogen-bond acceptors (Lipinski definition) is 12. The Kier molecular flexibility index (Phi) is 9.46. The first-order valence-electron chi connectivity index (χ1n) is 12.4. The number of nitro groups is 1. The fraction of sp³-hybridized carbons (Fsp3) is 0.107. The monoisotopic (exact) mass is 586 g/mol. The Balaban J connectivity index is 1.75. The Hall–Kier alpha value is -6.43. The maximum Gasteiger partial charge on any atom is 0.392 e. The smallest absolute Gasteiger partial charge is 0.392 e. The number of carbonyl (C=O) groups excluding carboxylic acids is 2. The van der Waals surface area contributed by atoms with Crippen LogP contribution in [-0.2, 0) is 9.53 Å². The molecule has 0 saturated carbocycles. The second-order valence-corrected chi connectivity index (χ2v) is 8.26. The molecule has 0 atom stereocenters. The molecule has 43 heavy (non-hydrogen) atoms. The summed E-state index contributed by atoms with van der Waals surface area (Å²) < 4.78 is 27.4. The van der Waals surface area contributed by atoms with E-state index < -0.39 is 47.0 Å². The number of nitrogens with zero attached hydrogens (tertiary/aromatic N) is 4. The molecule has 15 nitrogen and oxygen atoms in total. The quantitative estimate of drug-likeness (QED) is 0.127. The van der Waals surface area contributed by atoms with E-state index in [9.17, 15) is 25.0 Å². The van der Waals surface area contributed by atoms with Gasteiger partial charge in [0.2, 0.25) is 0 Å². The van der Waals surface area contributed by atoms with Gasteiger partial charge < -0.3 is 34.7 Å². The number of esters is 1. The molecular formula is C28H22N6O9. The van der Waals surface area contributed by atoms with Gasteiger partial charge in [-0.2, -0.15) is 15.2 Å². The number of nitriles is 1. The number of carbonyl (C=O) groups is 2. The summed E-state index contributed by atoms with van der Waals surface area (Å²) in [6, 6.07) is 19.5. The van der Waals surface area contributed by atoms with Crippen molar-refractivity contribution >= 4 is 23.4 Å². The van der Waals surface area contributed by atoms with Crippen molar-refractivity contribution in [2.24, 2.45) is 5.73 Å². The Morgan fingerprint density at radius 3 is 2.30 bits per heavy atom. The van der Waals surface area contributed by atoms with E-state index in [1.807, 2.05) is 6.07 Å². The van der Waals surface area contributed by atoms with Gasteiger partial charge in [0.05, 0.1) is 23.2 Å². The van der Waals surface area contributed by atoms with E-state index in [1.165, 1.54) is 42.5 Å². The molecule has 1 aromatic heterocycles. The van der Waals surface area contributed by atoms with Crippen molar-refractivity contribution in [3.63, 3.8) is 0 Å². The molecule has 0 aliphatic carbocycles. The van der Waals surface area contributed by atoms with E-state index in [0.29, 0.717) is 5.75 Å². The van der Waals surface area contributed by atoms with Crippen molar-refractivity contribution in [1.29, 1.82) is 5.26 Å². The highest BCUT2D eigenvalue weighted by molar-refractivity contribution is 5.88. The molecule has 2 amide bonds. The molecule has 3 N–H and O–H groups in total. The average molecular weight is 587 g/mol. The largest absolute Gasteiger partial charge is 0.463 e. The Bertz CT molecular complexity index is 1690. The minimum absolute atomic E-state index is 0.0507. The molecule has 0 unspecified atom stereocenters. The zero-order chi connectivity index (χ0) is 30.8. The summed E-state index contributed by atoms with van der Waals surface area (Å²) in [6.07, 6.45) is 0. The molecule has 3 aromatic carbocycles. The zero-order valence-corrected chi connectivity index (χ0v) is 22.4. The lowest BCUT2D eigenvalue weighted by molar-refractivity contribution is -0.387. The first kappa shape index (κ1) is 29.6. The highest BCUT2D eigenvalue weighted by Crippen LogP contribution is 2.40. The fourth-order valence-electron chi connectivity index (χ4n) is 3.48. The molecule has 4 rings (SSSR count). The SMILES string of the molecule is CCOC(=O)COc1nc(Oc2cccc(NC(N)=O)c2)nc(Oc2cc(C#N)cc(Oc3ccccc3)c2)c1[N+](=O)[O-]. The Labute approximate surface area is 243 Å². The number of ether oxygens (including phenoxy) is 5. The first-order chi connectivity index (χ1) is 20.7. The van der Waals surface area contributed by atoms with Crippen LogP contribution in [0.15, 0.2) is 72.8 Å². The number of amides is 2. The summed E-state index contributed by atoms with van der Waals surface area (Å²) in [7, 11) is 0. The molecule has 4 aromatic rings. The van der Waals surface area contributed by atoms with Crippen molar-refractivity contribution in [2.45, 2.75) is 6.92 Å². The van der Waals surface area contributed by atoms with E-state index in [1.54, 1.807) is 37.3 Å². The standard InChI is InChI=1S/C28H22N6O9/c1-2-39-23(35)16-40-25-24(34(37)38)26(33-28(32-25)43-20-10-6-7-18(13-20)31-27(30)36)42-22-12-17(15-29)11-21(14-22)41-19-8-4-3-5-9-19/h3-14H,2,16H2,1H3,(H3,30,31,36). The summed E-state index contributed by atoms with van der Waals surface area (Å²) in [4.78, 5) is 42.4. The van der Waals surface area contributed by atoms with Crippen LogP contribution >= 0.6 is 0 Å². The Morgan fingerprint density at radius 1 is 0.930 bits per heavy atom. The molecule has 15 heteroatoms. The molecule has 0 aliphatic rings. The average Bonchev–Trinajstić information content (AvgIpc) is 2.96. The maximum absolute atomic E-state index is 12.1. The van der Waals surface area contributed by atoms with Crippen LogP contribution < -0.4 is 30.0 Å². The fourth-order valence-corrected chi connectivity index (χ4v) is 3.48. The zero-order valence-electron chi connectivity index (χ0n) is 22.4. The summed E-state index contributed by atoms with van der Waals surface area (Å²) in [6.45, 7) is 0.909. The van der Waals surface area contributed by atoms with Crippen LogP contribution in [0.5, 0.6) is 40.8 Å². The molecular weight excluding hydrogens is 564 g/mol. The third-order valence-electron chi connectivity index (χ3n) is 5.13. The van der Waals surface area contributed by atoms with E-state index in [2.05, 4.69) is 15.3 Å². The van der Waals surface area contributed by atoms with Crippen molar-refractivity contribution < 1.29 is 38.2 Å². The van der Waals surface area contributed by atoms with E-state index in [-0.39, 0.29) is 35.1 Å². The number of urea groups is 1. The third-order valence-corrected chi connectivity index (χ3v) is 5.13. The topological polar surface area (TPSA) is 211 Å². The molecule has 0 saturated heterocycles. The maximum atomic E-state index is 12.1. The molecule has 0 fully saturated rings. The van der Waals surface area contributed by atoms with Crippen molar-refractivity contribution in [2.75, 3.05) is 18.5 Å². The predicted molar refractivity (Wildman–Crippen MR) is 148 cm³/mol. The van der Waals surface area contributed by atoms with E-state index in [0.717, 1.165) is 0 Å². The second-order valence-electron chi connectivity index (χ2n) is 8.26. The minimum atomic E-state index is -0.869. The van der Waals surface area contributed by atoms with Crippen LogP contribution in [0.4, 0.5) is 16.2 Å². The van der Waals surface area contributed by atoms with Crippen molar-refractivity contribution in [3.8, 4) is 46.8 Å². The second kappa shape index (κ2) is 13.8. The van der Waals surface area contributed by atoms with Gasteiger partial charge in [-0.1, -0.05) is 24.3 Å². The highest BCUT2D eigenvalue weighted by atomic mass is 16.6. The number of aromatic nitrogens is 2. The lowest BCUT2D eigenvalue weighted by Crippen LogP contribution is -2.19. The van der Waals surface area contributed by atoms with Crippen LogP contribution in [0.1, 0.15) is 12.5 Å². The normalized spacial score (nSPS) is 10.1. The van der Waals surface area contributed by atoms with E-state index >= 15 is 0 Å². The number of para-hydroxylation sites is 1. The van der Waals surface area contributed by atoms with Gasteiger partial charge >= 0.3 is 35.5 Å². The van der Waals surface area contributed by atoms with Gasteiger partial charge in [0, 0.05) is 17.8 Å². The number of anilines is 1. The lowest BCUT2D eigenvalue weighted by atomic mass is 10.2.